The van der Waals surface area contributed by atoms with E-state index < -0.39 is 36.7 Å². The molecule has 0 aliphatic heterocycles. The zero-order valence-corrected chi connectivity index (χ0v) is 20.5. The molecule has 3 aromatic carbocycles. The van der Waals surface area contributed by atoms with Gasteiger partial charge in [-0.25, -0.2) is 9.59 Å². The van der Waals surface area contributed by atoms with Gasteiger partial charge in [0.25, 0.3) is 0 Å². The van der Waals surface area contributed by atoms with Crippen molar-refractivity contribution in [2.75, 3.05) is 13.7 Å². The molecule has 194 valence electrons. The average Bonchev–Trinajstić information content (AvgIpc) is 2.94. The lowest BCUT2D eigenvalue weighted by Crippen LogP contribution is -2.54. The van der Waals surface area contributed by atoms with Gasteiger partial charge in [0.2, 0.25) is 5.91 Å². The molecule has 0 bridgehead atoms. The van der Waals surface area contributed by atoms with Gasteiger partial charge in [0.1, 0.15) is 31.0 Å². The Bertz CT molecular complexity index is 1160. The molecule has 3 N–H and O–H groups in total. The Morgan fingerprint density at radius 3 is 2.03 bits per heavy atom. The molecule has 0 aliphatic carbocycles. The van der Waals surface area contributed by atoms with Crippen molar-refractivity contribution in [3.05, 3.63) is 102 Å². The fourth-order valence-electron chi connectivity index (χ4n) is 3.45. The summed E-state index contributed by atoms with van der Waals surface area (Å²) in [7, 11) is 1.21. The standard InChI is InChI=1S/C28H30N2O7/c1-35-27(33)24(16-22-13-8-14-23(15-22)36-18-20-9-4-2-5-10-20)29-26(32)25(17-31)30-28(34)37-19-21-11-6-3-7-12-21/h2-15,24-25,31H,16-19H2,1H3,(H,29,32)(H,30,34)/t24-,25+/m1/s1. The van der Waals surface area contributed by atoms with Gasteiger partial charge in [-0.1, -0.05) is 72.8 Å². The quantitative estimate of drug-likeness (QED) is 0.323. The number of aliphatic hydroxyl groups is 1. The first-order valence-electron chi connectivity index (χ1n) is 11.7. The molecule has 3 rings (SSSR count). The van der Waals surface area contributed by atoms with Crippen LogP contribution in [0.3, 0.4) is 0 Å². The molecule has 0 aliphatic rings. The van der Waals surface area contributed by atoms with Gasteiger partial charge < -0.3 is 30.0 Å². The van der Waals surface area contributed by atoms with Gasteiger partial charge in [0.15, 0.2) is 0 Å². The molecule has 9 nitrogen and oxygen atoms in total. The first kappa shape index (κ1) is 27.2. The molecular weight excluding hydrogens is 476 g/mol. The molecule has 0 aromatic heterocycles. The largest absolute Gasteiger partial charge is 0.489 e. The SMILES string of the molecule is COC(=O)[C@@H](Cc1cccc(OCc2ccccc2)c1)NC(=O)[C@H](CO)NC(=O)OCc1ccccc1. The van der Waals surface area contributed by atoms with E-state index in [0.29, 0.717) is 12.4 Å². The fraction of sp³-hybridized carbons (Fsp3) is 0.250. The number of carbonyl (C=O) groups excluding carboxylic acids is 3. The predicted octanol–water partition coefficient (Wildman–Crippen LogP) is 2.75. The minimum atomic E-state index is -1.32. The molecule has 0 saturated carbocycles. The monoisotopic (exact) mass is 506 g/mol. The zero-order valence-electron chi connectivity index (χ0n) is 20.5. The molecule has 0 spiro atoms. The van der Waals surface area contributed by atoms with Crippen LogP contribution in [-0.2, 0) is 38.7 Å². The van der Waals surface area contributed by atoms with E-state index in [-0.39, 0.29) is 13.0 Å². The maximum Gasteiger partial charge on any atom is 0.408 e. The van der Waals surface area contributed by atoms with Crippen molar-refractivity contribution in [1.29, 1.82) is 0 Å². The van der Waals surface area contributed by atoms with E-state index >= 15 is 0 Å². The van der Waals surface area contributed by atoms with Crippen molar-refractivity contribution in [2.45, 2.75) is 31.7 Å². The van der Waals surface area contributed by atoms with Gasteiger partial charge in [-0.2, -0.15) is 0 Å². The molecule has 0 heterocycles. The first-order valence-corrected chi connectivity index (χ1v) is 11.7. The van der Waals surface area contributed by atoms with E-state index in [9.17, 15) is 19.5 Å². The summed E-state index contributed by atoms with van der Waals surface area (Å²) in [5.74, 6) is -0.828. The van der Waals surface area contributed by atoms with E-state index in [1.54, 1.807) is 48.5 Å². The number of aliphatic hydroxyl groups excluding tert-OH is 1. The summed E-state index contributed by atoms with van der Waals surface area (Å²) >= 11 is 0. The second kappa shape index (κ2) is 14.3. The molecule has 0 saturated heterocycles. The average molecular weight is 507 g/mol. The highest BCUT2D eigenvalue weighted by Gasteiger charge is 2.27. The lowest BCUT2D eigenvalue weighted by molar-refractivity contribution is -0.145. The van der Waals surface area contributed by atoms with Crippen molar-refractivity contribution in [3.63, 3.8) is 0 Å². The van der Waals surface area contributed by atoms with Gasteiger partial charge in [-0.05, 0) is 28.8 Å². The highest BCUT2D eigenvalue weighted by molar-refractivity contribution is 5.89. The third-order valence-corrected chi connectivity index (χ3v) is 5.39. The maximum absolute atomic E-state index is 12.8. The number of hydrogen-bond donors (Lipinski definition) is 3. The van der Waals surface area contributed by atoms with Gasteiger partial charge in [-0.15, -0.1) is 0 Å². The van der Waals surface area contributed by atoms with Crippen LogP contribution in [0, 0.1) is 0 Å². The predicted molar refractivity (Wildman–Crippen MR) is 136 cm³/mol. The minimum Gasteiger partial charge on any atom is -0.489 e. The van der Waals surface area contributed by atoms with E-state index in [4.69, 9.17) is 14.2 Å². The number of benzene rings is 3. The summed E-state index contributed by atoms with van der Waals surface area (Å²) in [4.78, 5) is 37.3. The number of amides is 2. The van der Waals surface area contributed by atoms with Crippen LogP contribution in [0.4, 0.5) is 4.79 Å². The Balaban J connectivity index is 1.58. The van der Waals surface area contributed by atoms with Gasteiger partial charge >= 0.3 is 12.1 Å². The summed E-state index contributed by atoms with van der Waals surface area (Å²) in [5, 5.41) is 14.5. The first-order chi connectivity index (χ1) is 18.0. The molecule has 37 heavy (non-hydrogen) atoms. The molecule has 0 radical (unpaired) electrons. The molecule has 3 aromatic rings. The highest BCUT2D eigenvalue weighted by Crippen LogP contribution is 2.17. The second-order valence-corrected chi connectivity index (χ2v) is 8.15. The topological polar surface area (TPSA) is 123 Å². The Hall–Kier alpha value is -4.37. The molecule has 0 fully saturated rings. The Morgan fingerprint density at radius 1 is 0.784 bits per heavy atom. The smallest absolute Gasteiger partial charge is 0.408 e. The third-order valence-electron chi connectivity index (χ3n) is 5.39. The van der Waals surface area contributed by atoms with Crippen molar-refractivity contribution in [3.8, 4) is 5.75 Å². The molecule has 2 atom stereocenters. The second-order valence-electron chi connectivity index (χ2n) is 8.15. The summed E-state index contributed by atoms with van der Waals surface area (Å²) in [5.41, 5.74) is 2.50. The van der Waals surface area contributed by atoms with Gasteiger partial charge in [0.05, 0.1) is 13.7 Å². The lowest BCUT2D eigenvalue weighted by Gasteiger charge is -2.21. The Kier molecular flexibility index (Phi) is 10.5. The van der Waals surface area contributed by atoms with Crippen molar-refractivity contribution in [1.82, 2.24) is 10.6 Å². The van der Waals surface area contributed by atoms with Crippen LogP contribution in [-0.4, -0.2) is 48.9 Å². The summed E-state index contributed by atoms with van der Waals surface area (Å²) < 4.78 is 15.8. The van der Waals surface area contributed by atoms with E-state index in [1.165, 1.54) is 7.11 Å². The van der Waals surface area contributed by atoms with Crippen molar-refractivity contribution >= 4 is 18.0 Å². The molecule has 9 heteroatoms. The maximum atomic E-state index is 12.8. The van der Waals surface area contributed by atoms with Crippen LogP contribution in [0.1, 0.15) is 16.7 Å². The van der Waals surface area contributed by atoms with Crippen LogP contribution in [0.2, 0.25) is 0 Å². The fourth-order valence-corrected chi connectivity index (χ4v) is 3.45. The lowest BCUT2D eigenvalue weighted by atomic mass is 10.0. The van der Waals surface area contributed by atoms with E-state index in [0.717, 1.165) is 16.7 Å². The van der Waals surface area contributed by atoms with Crippen molar-refractivity contribution in [2.24, 2.45) is 0 Å². The number of rotatable bonds is 12. The van der Waals surface area contributed by atoms with Crippen LogP contribution in [0.25, 0.3) is 0 Å². The normalized spacial score (nSPS) is 12.1. The number of hydrogen-bond acceptors (Lipinski definition) is 7. The van der Waals surface area contributed by atoms with E-state index in [1.807, 2.05) is 36.4 Å². The molecule has 2 amide bonds. The summed E-state index contributed by atoms with van der Waals surface area (Å²) in [6.45, 7) is -0.311. The number of nitrogens with one attached hydrogen (secondary N) is 2. The minimum absolute atomic E-state index is 0.0000888. The van der Waals surface area contributed by atoms with Gasteiger partial charge in [0, 0.05) is 6.42 Å². The van der Waals surface area contributed by atoms with Crippen LogP contribution in [0.15, 0.2) is 84.9 Å². The van der Waals surface area contributed by atoms with Gasteiger partial charge in [-0.3, -0.25) is 4.79 Å². The number of carbonyl (C=O) groups is 3. The third kappa shape index (κ3) is 8.97. The summed E-state index contributed by atoms with van der Waals surface area (Å²) in [6, 6.07) is 23.5. The van der Waals surface area contributed by atoms with E-state index in [2.05, 4.69) is 10.6 Å². The van der Waals surface area contributed by atoms with Crippen LogP contribution >= 0.6 is 0 Å². The van der Waals surface area contributed by atoms with Crippen molar-refractivity contribution < 1.29 is 33.7 Å². The number of methoxy groups -OCH3 is 1. The molecular formula is C28H30N2O7. The number of esters is 1. The number of alkyl carbamates (subject to hydrolysis) is 1. The number of ether oxygens (including phenoxy) is 3. The Morgan fingerprint density at radius 2 is 1.41 bits per heavy atom. The molecule has 0 unspecified atom stereocenters. The highest BCUT2D eigenvalue weighted by atomic mass is 16.5. The summed E-state index contributed by atoms with van der Waals surface area (Å²) in [6.07, 6.45) is -0.770. The van der Waals surface area contributed by atoms with Crippen LogP contribution < -0.4 is 15.4 Å². The zero-order chi connectivity index (χ0) is 26.5. The van der Waals surface area contributed by atoms with Crippen LogP contribution in [0.5, 0.6) is 5.75 Å². The Labute approximate surface area is 215 Å².